The van der Waals surface area contributed by atoms with Gasteiger partial charge in [-0.2, -0.15) is 4.98 Å². The number of nitrogens with zero attached hydrogens (tertiary/aromatic N) is 3. The van der Waals surface area contributed by atoms with Crippen molar-refractivity contribution in [3.05, 3.63) is 51.8 Å². The third-order valence-corrected chi connectivity index (χ3v) is 3.96. The lowest BCUT2D eigenvalue weighted by molar-refractivity contribution is 0.607. The monoisotopic (exact) mass is 322 g/mol. The number of aromatic amines is 1. The van der Waals surface area contributed by atoms with Crippen LogP contribution >= 0.6 is 15.9 Å². The number of rotatable bonds is 3. The Hall–Kier alpha value is -1.69. The number of benzene rings is 1. The molecule has 1 N–H and O–H groups in total. The normalized spacial score (nSPS) is 11.3. The second kappa shape index (κ2) is 4.77. The van der Waals surface area contributed by atoms with Crippen LogP contribution < -0.4 is 0 Å². The summed E-state index contributed by atoms with van der Waals surface area (Å²) in [4.78, 5) is 8.69. The fourth-order valence-corrected chi connectivity index (χ4v) is 2.35. The average Bonchev–Trinajstić information content (AvgIpc) is 2.90. The minimum absolute atomic E-state index is 0.171. The molecule has 3 rings (SSSR count). The Bertz CT molecular complexity index is 731. The van der Waals surface area contributed by atoms with E-state index in [1.165, 1.54) is 6.07 Å². The van der Waals surface area contributed by atoms with Gasteiger partial charge in [0.05, 0.1) is 5.69 Å². The average molecular weight is 323 g/mol. The summed E-state index contributed by atoms with van der Waals surface area (Å²) in [5.74, 6) is 1.26. The fourth-order valence-electron chi connectivity index (χ4n) is 2.01. The van der Waals surface area contributed by atoms with E-state index >= 15 is 0 Å². The van der Waals surface area contributed by atoms with E-state index in [0.717, 1.165) is 16.1 Å². The van der Waals surface area contributed by atoms with E-state index in [0.29, 0.717) is 24.2 Å². The highest BCUT2D eigenvalue weighted by molar-refractivity contribution is 9.10. The molecule has 0 saturated heterocycles. The van der Waals surface area contributed by atoms with Crippen molar-refractivity contribution in [1.29, 1.82) is 0 Å². The molecule has 4 nitrogen and oxygen atoms in total. The maximum Gasteiger partial charge on any atom is 0.251 e. The van der Waals surface area contributed by atoms with E-state index < -0.39 is 0 Å². The molecule has 0 atom stereocenters. The molecule has 98 valence electrons. The molecule has 0 bridgehead atoms. The molecule has 0 fully saturated rings. The molecule has 6 heteroatoms. The van der Waals surface area contributed by atoms with Crippen LogP contribution in [0.4, 0.5) is 4.39 Å². The van der Waals surface area contributed by atoms with Crippen molar-refractivity contribution in [2.45, 2.75) is 19.8 Å². The number of hydrogen-bond acceptors (Lipinski definition) is 2. The van der Waals surface area contributed by atoms with Crippen molar-refractivity contribution < 1.29 is 4.39 Å². The van der Waals surface area contributed by atoms with Crippen LogP contribution in [-0.4, -0.2) is 19.6 Å². The number of fused-ring (bicyclic) bond motifs is 1. The van der Waals surface area contributed by atoms with Gasteiger partial charge in [0.1, 0.15) is 16.2 Å². The maximum atomic E-state index is 13.5. The van der Waals surface area contributed by atoms with Crippen molar-refractivity contribution >= 4 is 21.7 Å². The van der Waals surface area contributed by atoms with E-state index in [4.69, 9.17) is 0 Å². The Morgan fingerprint density at radius 1 is 1.26 bits per heavy atom. The summed E-state index contributed by atoms with van der Waals surface area (Å²) in [6.07, 6.45) is 1.26. The first-order valence-corrected chi connectivity index (χ1v) is 6.77. The zero-order valence-corrected chi connectivity index (χ0v) is 11.9. The molecule has 3 aromatic rings. The van der Waals surface area contributed by atoms with Gasteiger partial charge in [-0.3, -0.25) is 5.10 Å². The molecule has 1 aromatic carbocycles. The Labute approximate surface area is 117 Å². The standard InChI is InChI=1S/C13H12BrFN4/c1-8-12(14)19-13(16-8)17-11(18-19)7-6-9-4-2-3-5-10(9)15/h2-5H,6-7H2,1H3,(H,16,17,18). The number of hydrogen-bond donors (Lipinski definition) is 1. The molecule has 0 unspecified atom stereocenters. The van der Waals surface area contributed by atoms with Crippen molar-refractivity contribution in [3.63, 3.8) is 0 Å². The predicted octanol–water partition coefficient (Wildman–Crippen LogP) is 3.05. The smallest absolute Gasteiger partial charge is 0.251 e. The molecule has 0 aliphatic heterocycles. The first-order valence-electron chi connectivity index (χ1n) is 5.98. The minimum atomic E-state index is -0.171. The summed E-state index contributed by atoms with van der Waals surface area (Å²) < 4.78 is 16.1. The molecular formula is C13H12BrFN4. The summed E-state index contributed by atoms with van der Waals surface area (Å²) in [5, 5.41) is 3.15. The lowest BCUT2D eigenvalue weighted by Gasteiger charge is -2.00. The summed E-state index contributed by atoms with van der Waals surface area (Å²) in [5.41, 5.74) is 1.59. The number of nitrogens with one attached hydrogen (secondary N) is 1. The highest BCUT2D eigenvalue weighted by atomic mass is 79.9. The molecule has 0 spiro atoms. The highest BCUT2D eigenvalue weighted by Gasteiger charge is 2.11. The molecule has 0 aliphatic carbocycles. The lowest BCUT2D eigenvalue weighted by atomic mass is 10.1. The van der Waals surface area contributed by atoms with Crippen LogP contribution in [0.25, 0.3) is 5.78 Å². The van der Waals surface area contributed by atoms with Crippen molar-refractivity contribution in [2.24, 2.45) is 0 Å². The number of aryl methyl sites for hydroxylation is 3. The van der Waals surface area contributed by atoms with Crippen LogP contribution in [-0.2, 0) is 12.8 Å². The second-order valence-electron chi connectivity index (χ2n) is 4.39. The van der Waals surface area contributed by atoms with Gasteiger partial charge in [-0.15, -0.1) is 0 Å². The number of aromatic nitrogens is 4. The van der Waals surface area contributed by atoms with Gasteiger partial charge in [0.25, 0.3) is 5.78 Å². The van der Waals surface area contributed by atoms with E-state index in [9.17, 15) is 4.39 Å². The summed E-state index contributed by atoms with van der Waals surface area (Å²) >= 11 is 3.44. The Kier molecular flexibility index (Phi) is 3.10. The van der Waals surface area contributed by atoms with Gasteiger partial charge in [0, 0.05) is 6.42 Å². The van der Waals surface area contributed by atoms with Gasteiger partial charge in [-0.25, -0.2) is 13.9 Å². The van der Waals surface area contributed by atoms with Crippen LogP contribution in [0.2, 0.25) is 0 Å². The fraction of sp³-hybridized carbons (Fsp3) is 0.231. The summed E-state index contributed by atoms with van der Waals surface area (Å²) in [6.45, 7) is 1.91. The minimum Gasteiger partial charge on any atom is -0.277 e. The van der Waals surface area contributed by atoms with E-state index in [1.54, 1.807) is 16.6 Å². The van der Waals surface area contributed by atoms with E-state index in [2.05, 4.69) is 31.0 Å². The Balaban J connectivity index is 1.81. The molecule has 0 saturated carbocycles. The third-order valence-electron chi connectivity index (χ3n) is 3.03. The number of imidazole rings is 1. The van der Waals surface area contributed by atoms with Gasteiger partial charge in [-0.1, -0.05) is 18.2 Å². The van der Waals surface area contributed by atoms with Crippen LogP contribution in [0.3, 0.4) is 0 Å². The van der Waals surface area contributed by atoms with Gasteiger partial charge >= 0.3 is 0 Å². The highest BCUT2D eigenvalue weighted by Crippen LogP contribution is 2.17. The summed E-state index contributed by atoms with van der Waals surface area (Å²) in [7, 11) is 0. The van der Waals surface area contributed by atoms with E-state index in [1.807, 2.05) is 13.0 Å². The van der Waals surface area contributed by atoms with Gasteiger partial charge in [0.15, 0.2) is 0 Å². The first kappa shape index (κ1) is 12.3. The van der Waals surface area contributed by atoms with Crippen molar-refractivity contribution in [2.75, 3.05) is 0 Å². The second-order valence-corrected chi connectivity index (χ2v) is 5.14. The molecule has 0 amide bonds. The predicted molar refractivity (Wildman–Crippen MR) is 73.6 cm³/mol. The Morgan fingerprint density at radius 2 is 2.05 bits per heavy atom. The molecule has 2 heterocycles. The lowest BCUT2D eigenvalue weighted by Crippen LogP contribution is -1.97. The Morgan fingerprint density at radius 3 is 2.79 bits per heavy atom. The van der Waals surface area contributed by atoms with Crippen molar-refractivity contribution in [3.8, 4) is 0 Å². The SMILES string of the molecule is Cc1nc2nc(CCc3ccccc3F)[nH]n2c1Br. The largest absolute Gasteiger partial charge is 0.277 e. The number of H-pyrrole nitrogens is 1. The molecule has 0 radical (unpaired) electrons. The van der Waals surface area contributed by atoms with Gasteiger partial charge in [-0.05, 0) is 40.9 Å². The summed E-state index contributed by atoms with van der Waals surface area (Å²) in [6, 6.07) is 6.81. The topological polar surface area (TPSA) is 46.0 Å². The van der Waals surface area contributed by atoms with Crippen LogP contribution in [0, 0.1) is 12.7 Å². The molecule has 0 aliphatic rings. The number of halogens is 2. The van der Waals surface area contributed by atoms with Gasteiger partial charge in [0.2, 0.25) is 0 Å². The zero-order valence-electron chi connectivity index (χ0n) is 10.3. The molecule has 19 heavy (non-hydrogen) atoms. The molecular weight excluding hydrogens is 311 g/mol. The third kappa shape index (κ3) is 2.28. The quantitative estimate of drug-likeness (QED) is 0.805. The maximum absolute atomic E-state index is 13.5. The molecule has 2 aromatic heterocycles. The van der Waals surface area contributed by atoms with Crippen LogP contribution in [0.5, 0.6) is 0 Å². The van der Waals surface area contributed by atoms with Crippen LogP contribution in [0.1, 0.15) is 17.1 Å². The zero-order chi connectivity index (χ0) is 13.4. The first-order chi connectivity index (χ1) is 9.15. The van der Waals surface area contributed by atoms with E-state index in [-0.39, 0.29) is 5.82 Å². The van der Waals surface area contributed by atoms with Crippen LogP contribution in [0.15, 0.2) is 28.9 Å². The van der Waals surface area contributed by atoms with Crippen molar-refractivity contribution in [1.82, 2.24) is 19.6 Å². The van der Waals surface area contributed by atoms with Gasteiger partial charge < -0.3 is 0 Å².